The molecule has 150 valence electrons. The first-order chi connectivity index (χ1) is 13.8. The van der Waals surface area contributed by atoms with E-state index in [9.17, 15) is 19.2 Å². The Labute approximate surface area is 169 Å². The number of nitrogens with zero attached hydrogens (tertiary/aromatic N) is 2. The number of aryl methyl sites for hydroxylation is 1. The number of carbonyl (C=O) groups excluding carboxylic acids is 4. The van der Waals surface area contributed by atoms with Crippen molar-refractivity contribution < 1.29 is 19.2 Å². The maximum Gasteiger partial charge on any atom is 0.312 e. The van der Waals surface area contributed by atoms with Gasteiger partial charge in [0.25, 0.3) is 0 Å². The average Bonchev–Trinajstić information content (AvgIpc) is 2.68. The van der Waals surface area contributed by atoms with Crippen molar-refractivity contribution in [3.63, 3.8) is 0 Å². The minimum Gasteiger partial charge on any atom is -0.328 e. The van der Waals surface area contributed by atoms with Crippen LogP contribution in [0.5, 0.6) is 0 Å². The standard InChI is InChI=1S/C22H23N3O4/c1-15-4-3-5-17(12-15)13-24-10-11-25(22(29)21(24)28)14-20(27)23-19-8-6-18(7-9-19)16(2)26/h3-9,12H,10-11,13-14H2,1-2H3,(H,23,27). The molecule has 0 atom stereocenters. The van der Waals surface area contributed by atoms with Crippen molar-refractivity contribution in [3.05, 3.63) is 65.2 Å². The monoisotopic (exact) mass is 393 g/mol. The number of carbonyl (C=O) groups is 4. The van der Waals surface area contributed by atoms with E-state index in [1.54, 1.807) is 24.3 Å². The van der Waals surface area contributed by atoms with E-state index in [2.05, 4.69) is 5.32 Å². The highest BCUT2D eigenvalue weighted by Gasteiger charge is 2.33. The second-order valence-corrected chi connectivity index (χ2v) is 7.12. The van der Waals surface area contributed by atoms with Crippen LogP contribution in [0.25, 0.3) is 0 Å². The van der Waals surface area contributed by atoms with E-state index in [0.29, 0.717) is 30.9 Å². The van der Waals surface area contributed by atoms with Gasteiger partial charge in [-0.25, -0.2) is 0 Å². The van der Waals surface area contributed by atoms with Gasteiger partial charge in [-0.15, -0.1) is 0 Å². The Morgan fingerprint density at radius 2 is 1.62 bits per heavy atom. The number of piperazine rings is 1. The molecule has 0 saturated carbocycles. The summed E-state index contributed by atoms with van der Waals surface area (Å²) in [6, 6.07) is 14.3. The molecule has 2 aromatic rings. The first-order valence-corrected chi connectivity index (χ1v) is 9.38. The number of amides is 3. The zero-order chi connectivity index (χ0) is 21.0. The number of Topliss-reactive ketones (excluding diaryl/α,β-unsaturated/α-hetero) is 1. The molecule has 29 heavy (non-hydrogen) atoms. The summed E-state index contributed by atoms with van der Waals surface area (Å²) in [5.41, 5.74) is 3.13. The fraction of sp³-hybridized carbons (Fsp3) is 0.273. The lowest BCUT2D eigenvalue weighted by molar-refractivity contribution is -0.157. The van der Waals surface area contributed by atoms with Gasteiger partial charge in [-0.05, 0) is 43.7 Å². The maximum absolute atomic E-state index is 12.4. The van der Waals surface area contributed by atoms with E-state index in [0.717, 1.165) is 11.1 Å². The third-order valence-corrected chi connectivity index (χ3v) is 4.76. The first-order valence-electron chi connectivity index (χ1n) is 9.38. The molecule has 1 heterocycles. The largest absolute Gasteiger partial charge is 0.328 e. The lowest BCUT2D eigenvalue weighted by atomic mass is 10.1. The molecular weight excluding hydrogens is 370 g/mol. The van der Waals surface area contributed by atoms with Crippen LogP contribution in [0.2, 0.25) is 0 Å². The summed E-state index contributed by atoms with van der Waals surface area (Å²) in [4.78, 5) is 51.2. The van der Waals surface area contributed by atoms with Crippen molar-refractivity contribution in [2.45, 2.75) is 20.4 Å². The highest BCUT2D eigenvalue weighted by atomic mass is 16.2. The topological polar surface area (TPSA) is 86.8 Å². The van der Waals surface area contributed by atoms with Crippen molar-refractivity contribution in [2.24, 2.45) is 0 Å². The van der Waals surface area contributed by atoms with Crippen LogP contribution in [-0.4, -0.2) is 52.9 Å². The molecule has 3 rings (SSSR count). The van der Waals surface area contributed by atoms with Gasteiger partial charge < -0.3 is 15.1 Å². The second-order valence-electron chi connectivity index (χ2n) is 7.12. The van der Waals surface area contributed by atoms with Gasteiger partial charge >= 0.3 is 11.8 Å². The summed E-state index contributed by atoms with van der Waals surface area (Å²) >= 11 is 0. The summed E-state index contributed by atoms with van der Waals surface area (Å²) in [5.74, 6) is -1.73. The van der Waals surface area contributed by atoms with Crippen LogP contribution < -0.4 is 5.32 Å². The average molecular weight is 393 g/mol. The van der Waals surface area contributed by atoms with Gasteiger partial charge in [0, 0.05) is 30.9 Å². The SMILES string of the molecule is CC(=O)c1ccc(NC(=O)CN2CCN(Cc3cccc(C)c3)C(=O)C2=O)cc1. The van der Waals surface area contributed by atoms with Crippen LogP contribution in [0.15, 0.2) is 48.5 Å². The molecular formula is C22H23N3O4. The Morgan fingerprint density at radius 3 is 2.28 bits per heavy atom. The number of anilines is 1. The van der Waals surface area contributed by atoms with Crippen molar-refractivity contribution in [1.82, 2.24) is 9.80 Å². The molecule has 7 nitrogen and oxygen atoms in total. The Balaban J connectivity index is 1.56. The van der Waals surface area contributed by atoms with Crippen LogP contribution >= 0.6 is 0 Å². The molecule has 3 amide bonds. The minimum atomic E-state index is -0.675. The van der Waals surface area contributed by atoms with Crippen molar-refractivity contribution in [3.8, 4) is 0 Å². The maximum atomic E-state index is 12.4. The van der Waals surface area contributed by atoms with Gasteiger partial charge in [0.15, 0.2) is 5.78 Å². The lowest BCUT2D eigenvalue weighted by Gasteiger charge is -2.33. The smallest absolute Gasteiger partial charge is 0.312 e. The number of ketones is 1. The summed E-state index contributed by atoms with van der Waals surface area (Å²) in [6.45, 7) is 4.29. The highest BCUT2D eigenvalue weighted by Crippen LogP contribution is 2.13. The summed E-state index contributed by atoms with van der Waals surface area (Å²) in [5, 5.41) is 2.68. The van der Waals surface area contributed by atoms with Crippen molar-refractivity contribution in [1.29, 1.82) is 0 Å². The van der Waals surface area contributed by atoms with Gasteiger partial charge in [0.1, 0.15) is 6.54 Å². The Kier molecular flexibility index (Phi) is 6.07. The molecule has 0 unspecified atom stereocenters. The molecule has 1 aliphatic heterocycles. The fourth-order valence-corrected chi connectivity index (χ4v) is 3.21. The molecule has 2 aromatic carbocycles. The van der Waals surface area contributed by atoms with Gasteiger partial charge in [-0.2, -0.15) is 0 Å². The van der Waals surface area contributed by atoms with Gasteiger partial charge in [-0.1, -0.05) is 29.8 Å². The predicted molar refractivity (Wildman–Crippen MR) is 108 cm³/mol. The van der Waals surface area contributed by atoms with E-state index in [4.69, 9.17) is 0 Å². The third-order valence-electron chi connectivity index (χ3n) is 4.76. The normalized spacial score (nSPS) is 14.1. The third kappa shape index (κ3) is 5.07. The van der Waals surface area contributed by atoms with E-state index in [1.807, 2.05) is 31.2 Å². The fourth-order valence-electron chi connectivity index (χ4n) is 3.21. The molecule has 0 aliphatic carbocycles. The van der Waals surface area contributed by atoms with E-state index >= 15 is 0 Å². The number of nitrogens with one attached hydrogen (secondary N) is 1. The quantitative estimate of drug-likeness (QED) is 0.601. The van der Waals surface area contributed by atoms with E-state index in [-0.39, 0.29) is 12.3 Å². The lowest BCUT2D eigenvalue weighted by Crippen LogP contribution is -2.55. The molecule has 7 heteroatoms. The Bertz CT molecular complexity index is 953. The first kappa shape index (κ1) is 20.3. The van der Waals surface area contributed by atoms with Crippen LogP contribution in [0.1, 0.15) is 28.4 Å². The highest BCUT2D eigenvalue weighted by molar-refractivity contribution is 6.35. The van der Waals surface area contributed by atoms with Crippen LogP contribution in [0, 0.1) is 6.92 Å². The van der Waals surface area contributed by atoms with E-state index < -0.39 is 17.7 Å². The molecule has 1 N–H and O–H groups in total. The van der Waals surface area contributed by atoms with E-state index in [1.165, 1.54) is 16.7 Å². The van der Waals surface area contributed by atoms with Gasteiger partial charge in [0.2, 0.25) is 5.91 Å². The number of hydrogen-bond donors (Lipinski definition) is 1. The Morgan fingerprint density at radius 1 is 0.966 bits per heavy atom. The molecule has 0 aromatic heterocycles. The molecule has 0 radical (unpaired) electrons. The zero-order valence-electron chi connectivity index (χ0n) is 16.5. The minimum absolute atomic E-state index is 0.0597. The number of rotatable bonds is 6. The van der Waals surface area contributed by atoms with Crippen LogP contribution in [0.3, 0.4) is 0 Å². The summed E-state index contributed by atoms with van der Waals surface area (Å²) < 4.78 is 0. The van der Waals surface area contributed by atoms with Gasteiger partial charge in [0.05, 0.1) is 0 Å². The second kappa shape index (κ2) is 8.68. The molecule has 0 bridgehead atoms. The summed E-state index contributed by atoms with van der Waals surface area (Å²) in [7, 11) is 0. The van der Waals surface area contributed by atoms with Gasteiger partial charge in [-0.3, -0.25) is 19.2 Å². The Hall–Kier alpha value is -3.48. The summed E-state index contributed by atoms with van der Waals surface area (Å²) in [6.07, 6.45) is 0. The molecule has 1 aliphatic rings. The van der Waals surface area contributed by atoms with Crippen molar-refractivity contribution in [2.75, 3.05) is 25.0 Å². The van der Waals surface area contributed by atoms with Crippen molar-refractivity contribution >= 4 is 29.2 Å². The van der Waals surface area contributed by atoms with Crippen LogP contribution in [-0.2, 0) is 20.9 Å². The van der Waals surface area contributed by atoms with Crippen LogP contribution in [0.4, 0.5) is 5.69 Å². The molecule has 1 saturated heterocycles. The predicted octanol–water partition coefficient (Wildman–Crippen LogP) is 2.01. The molecule has 1 fully saturated rings. The number of hydrogen-bond acceptors (Lipinski definition) is 4. The number of benzene rings is 2. The zero-order valence-corrected chi connectivity index (χ0v) is 16.5. The molecule has 0 spiro atoms.